The Bertz CT molecular complexity index is 1550. The van der Waals surface area contributed by atoms with Crippen molar-refractivity contribution in [2.75, 3.05) is 0 Å². The molecule has 0 aliphatic carbocycles. The van der Waals surface area contributed by atoms with Gasteiger partial charge in [-0.1, -0.05) is 24.3 Å². The van der Waals surface area contributed by atoms with Gasteiger partial charge in [0.15, 0.2) is 0 Å². The number of aromatic nitrogens is 5. The fourth-order valence-corrected chi connectivity index (χ4v) is 3.96. The molecule has 0 spiro atoms. The molecule has 4 aromatic heterocycles. The molecule has 31 heavy (non-hydrogen) atoms. The van der Waals surface area contributed by atoms with Crippen molar-refractivity contribution in [3.63, 3.8) is 0 Å². The number of nitrogens with one attached hydrogen (secondary N) is 2. The van der Waals surface area contributed by atoms with Crippen molar-refractivity contribution < 1.29 is 4.39 Å². The number of pyridine rings is 2. The Morgan fingerprint density at radius 1 is 0.710 bits per heavy atom. The lowest BCUT2D eigenvalue weighted by Crippen LogP contribution is -1.87. The quantitative estimate of drug-likeness (QED) is 0.381. The molecule has 0 amide bonds. The largest absolute Gasteiger partial charge is 0.353 e. The number of nitrogens with zero attached hydrogens (tertiary/aromatic N) is 3. The van der Waals surface area contributed by atoms with E-state index < -0.39 is 0 Å². The van der Waals surface area contributed by atoms with E-state index in [1.807, 2.05) is 48.5 Å². The Balaban J connectivity index is 1.53. The lowest BCUT2D eigenvalue weighted by atomic mass is 10.1. The highest BCUT2D eigenvalue weighted by Crippen LogP contribution is 2.34. The fourth-order valence-electron chi connectivity index (χ4n) is 3.96. The molecule has 0 aliphatic rings. The van der Waals surface area contributed by atoms with E-state index in [0.717, 1.165) is 44.5 Å². The van der Waals surface area contributed by atoms with Crippen molar-refractivity contribution >= 4 is 21.8 Å². The zero-order valence-corrected chi connectivity index (χ0v) is 16.3. The van der Waals surface area contributed by atoms with Crippen molar-refractivity contribution in [3.8, 4) is 33.9 Å². The summed E-state index contributed by atoms with van der Waals surface area (Å²) in [6.07, 6.45) is 3.47. The predicted octanol–water partition coefficient (Wildman–Crippen LogP) is 5.97. The Kier molecular flexibility index (Phi) is 3.89. The van der Waals surface area contributed by atoms with E-state index in [4.69, 9.17) is 0 Å². The van der Waals surface area contributed by atoms with Crippen molar-refractivity contribution in [3.05, 3.63) is 91.0 Å². The van der Waals surface area contributed by atoms with Crippen LogP contribution in [0.1, 0.15) is 0 Å². The van der Waals surface area contributed by atoms with E-state index in [1.54, 1.807) is 24.5 Å². The number of rotatable bonds is 3. The zero-order chi connectivity index (χ0) is 20.8. The molecule has 0 aliphatic heterocycles. The number of hydrogen-bond donors (Lipinski definition) is 2. The molecule has 6 aromatic rings. The van der Waals surface area contributed by atoms with Crippen LogP contribution in [0.2, 0.25) is 0 Å². The van der Waals surface area contributed by atoms with Gasteiger partial charge < -0.3 is 4.98 Å². The summed E-state index contributed by atoms with van der Waals surface area (Å²) in [5.74, 6) is -0.296. The highest BCUT2D eigenvalue weighted by Gasteiger charge is 2.16. The Morgan fingerprint density at radius 3 is 2.45 bits per heavy atom. The van der Waals surface area contributed by atoms with E-state index >= 15 is 0 Å². The molecule has 4 heterocycles. The lowest BCUT2D eigenvalue weighted by Gasteiger charge is -2.03. The maximum Gasteiger partial charge on any atom is 0.132 e. The maximum atomic E-state index is 14.4. The third-order valence-corrected chi connectivity index (χ3v) is 5.46. The summed E-state index contributed by atoms with van der Waals surface area (Å²) < 4.78 is 14.4. The molecule has 5 nitrogen and oxygen atoms in total. The topological polar surface area (TPSA) is 70.2 Å². The Labute approximate surface area is 176 Å². The molecule has 6 rings (SSSR count). The van der Waals surface area contributed by atoms with E-state index in [9.17, 15) is 4.39 Å². The van der Waals surface area contributed by atoms with Gasteiger partial charge >= 0.3 is 0 Å². The zero-order valence-electron chi connectivity index (χ0n) is 16.3. The first-order chi connectivity index (χ1) is 15.3. The van der Waals surface area contributed by atoms with Crippen molar-refractivity contribution in [2.45, 2.75) is 0 Å². The van der Waals surface area contributed by atoms with Crippen LogP contribution in [-0.2, 0) is 0 Å². The van der Waals surface area contributed by atoms with E-state index in [0.29, 0.717) is 11.3 Å². The molecule has 0 bridgehead atoms. The summed E-state index contributed by atoms with van der Waals surface area (Å²) in [6, 6.07) is 22.5. The number of hydrogen-bond acceptors (Lipinski definition) is 3. The summed E-state index contributed by atoms with van der Waals surface area (Å²) in [4.78, 5) is 12.3. The van der Waals surface area contributed by atoms with Crippen LogP contribution in [-0.4, -0.2) is 25.1 Å². The van der Waals surface area contributed by atoms with Gasteiger partial charge in [-0.3, -0.25) is 15.1 Å². The van der Waals surface area contributed by atoms with Crippen LogP contribution in [0.4, 0.5) is 4.39 Å². The summed E-state index contributed by atoms with van der Waals surface area (Å²) in [5.41, 5.74) is 6.43. The second-order valence-corrected chi connectivity index (χ2v) is 7.33. The molecule has 0 fully saturated rings. The minimum Gasteiger partial charge on any atom is -0.353 e. The smallest absolute Gasteiger partial charge is 0.132 e. The van der Waals surface area contributed by atoms with Crippen LogP contribution < -0.4 is 0 Å². The first-order valence-electron chi connectivity index (χ1n) is 9.90. The van der Waals surface area contributed by atoms with Crippen molar-refractivity contribution in [1.82, 2.24) is 25.1 Å². The van der Waals surface area contributed by atoms with E-state index in [2.05, 4.69) is 31.2 Å². The minimum absolute atomic E-state index is 0.296. The van der Waals surface area contributed by atoms with Crippen LogP contribution in [0.15, 0.2) is 85.2 Å². The highest BCUT2D eigenvalue weighted by atomic mass is 19.1. The molecule has 0 saturated heterocycles. The van der Waals surface area contributed by atoms with Crippen LogP contribution in [0.5, 0.6) is 0 Å². The van der Waals surface area contributed by atoms with Crippen LogP contribution in [0.3, 0.4) is 0 Å². The fraction of sp³-hybridized carbons (Fsp3) is 0. The van der Waals surface area contributed by atoms with Crippen molar-refractivity contribution in [1.29, 1.82) is 0 Å². The van der Waals surface area contributed by atoms with Crippen LogP contribution in [0, 0.1) is 5.82 Å². The normalized spacial score (nSPS) is 11.4. The first-order valence-corrected chi connectivity index (χ1v) is 9.90. The van der Waals surface area contributed by atoms with Gasteiger partial charge in [-0.05, 0) is 48.5 Å². The summed E-state index contributed by atoms with van der Waals surface area (Å²) in [6.45, 7) is 0. The summed E-state index contributed by atoms with van der Waals surface area (Å²) in [5, 5.41) is 9.47. The van der Waals surface area contributed by atoms with Gasteiger partial charge in [0.2, 0.25) is 0 Å². The van der Waals surface area contributed by atoms with Gasteiger partial charge in [0, 0.05) is 39.8 Å². The molecule has 0 radical (unpaired) electrons. The Hall–Kier alpha value is -4.32. The molecule has 6 heteroatoms. The number of halogens is 1. The van der Waals surface area contributed by atoms with Gasteiger partial charge in [0.1, 0.15) is 11.5 Å². The standard InChI is InChI=1S/C25H16FN5/c26-19-6-2-1-5-16(19)24-18-14-23(29-21(18)10-12-28-24)25-17-13-15(8-9-22(17)30-31-25)20-7-3-4-11-27-20/h1-14,29H,(H,30,31). The number of fused-ring (bicyclic) bond motifs is 2. The third kappa shape index (κ3) is 2.88. The van der Waals surface area contributed by atoms with Gasteiger partial charge in [0.05, 0.1) is 22.6 Å². The minimum atomic E-state index is -0.296. The van der Waals surface area contributed by atoms with Gasteiger partial charge in [-0.15, -0.1) is 0 Å². The predicted molar refractivity (Wildman–Crippen MR) is 120 cm³/mol. The second kappa shape index (κ2) is 6.88. The number of benzene rings is 2. The summed E-state index contributed by atoms with van der Waals surface area (Å²) >= 11 is 0. The average Bonchev–Trinajstić information content (AvgIpc) is 3.43. The lowest BCUT2D eigenvalue weighted by molar-refractivity contribution is 0.631. The SMILES string of the molecule is Fc1ccccc1-c1nccc2[nH]c(-c3n[nH]c4ccc(-c5ccccn5)cc34)cc12. The van der Waals surface area contributed by atoms with Gasteiger partial charge in [0.25, 0.3) is 0 Å². The molecule has 0 saturated carbocycles. The molecule has 0 unspecified atom stereocenters. The third-order valence-electron chi connectivity index (χ3n) is 5.46. The summed E-state index contributed by atoms with van der Waals surface area (Å²) in [7, 11) is 0. The molecular weight excluding hydrogens is 389 g/mol. The molecule has 0 atom stereocenters. The second-order valence-electron chi connectivity index (χ2n) is 7.33. The van der Waals surface area contributed by atoms with E-state index in [1.165, 1.54) is 6.07 Å². The van der Waals surface area contributed by atoms with Crippen LogP contribution in [0.25, 0.3) is 55.7 Å². The van der Waals surface area contributed by atoms with Gasteiger partial charge in [-0.25, -0.2) is 4.39 Å². The molecule has 148 valence electrons. The first kappa shape index (κ1) is 17.5. The molecule has 2 aromatic carbocycles. The van der Waals surface area contributed by atoms with E-state index in [-0.39, 0.29) is 5.82 Å². The van der Waals surface area contributed by atoms with Crippen LogP contribution >= 0.6 is 0 Å². The molecule has 2 N–H and O–H groups in total. The number of H-pyrrole nitrogens is 2. The number of aromatic amines is 2. The Morgan fingerprint density at radius 2 is 1.58 bits per heavy atom. The highest BCUT2D eigenvalue weighted by molar-refractivity contribution is 6.00. The monoisotopic (exact) mass is 405 g/mol. The van der Waals surface area contributed by atoms with Gasteiger partial charge in [-0.2, -0.15) is 5.10 Å². The average molecular weight is 405 g/mol. The van der Waals surface area contributed by atoms with Crippen molar-refractivity contribution in [2.24, 2.45) is 0 Å². The molecular formula is C25H16FN5. The maximum absolute atomic E-state index is 14.4.